The van der Waals surface area contributed by atoms with Crippen LogP contribution in [-0.2, 0) is 9.59 Å². The van der Waals surface area contributed by atoms with E-state index >= 15 is 0 Å². The lowest BCUT2D eigenvalue weighted by Gasteiger charge is -2.13. The van der Waals surface area contributed by atoms with E-state index in [-0.39, 0.29) is 16.3 Å². The van der Waals surface area contributed by atoms with Crippen LogP contribution in [0.25, 0.3) is 6.08 Å². The number of ether oxygens (including phenoxy) is 1. The molecule has 166 valence electrons. The molecule has 1 N–H and O–H groups in total. The lowest BCUT2D eigenvalue weighted by atomic mass is 10.0. The third-order valence-electron chi connectivity index (χ3n) is 4.73. The van der Waals surface area contributed by atoms with E-state index < -0.39 is 28.5 Å². The second-order valence-electron chi connectivity index (χ2n) is 7.28. The van der Waals surface area contributed by atoms with Crippen LogP contribution in [0.5, 0.6) is 5.75 Å². The number of methoxy groups -OCH3 is 1. The topological polar surface area (TPSA) is 119 Å². The maximum Gasteiger partial charge on any atom is 0.311 e. The molecule has 0 atom stereocenters. The Balaban J connectivity index is 1.71. The zero-order valence-corrected chi connectivity index (χ0v) is 18.5. The summed E-state index contributed by atoms with van der Waals surface area (Å²) in [4.78, 5) is 48.8. The minimum absolute atomic E-state index is 0.0727. The molecule has 2 aromatic carbocycles. The predicted molar refractivity (Wildman–Crippen MR) is 121 cm³/mol. The minimum Gasteiger partial charge on any atom is -0.490 e. The standard InChI is InChI=1S/C22H21N3O6S/c1-13(2)15-5-7-16(8-6-15)23-20(26)12-24-21(27)19(32-22(24)28)11-14-4-9-18(31-3)17(10-14)25(29)30/h4-11,13H,12H2,1-3H3,(H,23,26)/b19-11+. The number of thioether (sulfide) groups is 1. The lowest BCUT2D eigenvalue weighted by Crippen LogP contribution is -2.36. The Bertz CT molecular complexity index is 1110. The summed E-state index contributed by atoms with van der Waals surface area (Å²) < 4.78 is 4.96. The predicted octanol–water partition coefficient (Wildman–Crippen LogP) is 4.40. The van der Waals surface area contributed by atoms with E-state index in [4.69, 9.17) is 4.74 Å². The first kappa shape index (κ1) is 23.0. The molecular formula is C22H21N3O6S. The zero-order valence-electron chi connectivity index (χ0n) is 17.7. The van der Waals surface area contributed by atoms with Crippen molar-refractivity contribution >= 4 is 46.3 Å². The van der Waals surface area contributed by atoms with Crippen LogP contribution in [0.4, 0.5) is 16.2 Å². The molecule has 0 saturated carbocycles. The molecule has 0 radical (unpaired) electrons. The van der Waals surface area contributed by atoms with Crippen molar-refractivity contribution in [2.75, 3.05) is 19.0 Å². The summed E-state index contributed by atoms with van der Waals surface area (Å²) in [7, 11) is 1.32. The molecule has 0 aliphatic carbocycles. The third kappa shape index (κ3) is 5.14. The van der Waals surface area contributed by atoms with Gasteiger partial charge in [-0.1, -0.05) is 32.0 Å². The maximum absolute atomic E-state index is 12.6. The van der Waals surface area contributed by atoms with Gasteiger partial charge in [0, 0.05) is 11.8 Å². The van der Waals surface area contributed by atoms with Crippen molar-refractivity contribution in [3.8, 4) is 5.75 Å². The van der Waals surface area contributed by atoms with Crippen molar-refractivity contribution in [1.29, 1.82) is 0 Å². The average molecular weight is 455 g/mol. The molecule has 3 amide bonds. The number of benzene rings is 2. The van der Waals surface area contributed by atoms with Crippen molar-refractivity contribution in [3.63, 3.8) is 0 Å². The van der Waals surface area contributed by atoms with Gasteiger partial charge in [-0.3, -0.25) is 29.4 Å². The molecule has 0 aromatic heterocycles. The van der Waals surface area contributed by atoms with Gasteiger partial charge in [0.25, 0.3) is 11.1 Å². The molecule has 0 spiro atoms. The van der Waals surface area contributed by atoms with Crippen molar-refractivity contribution in [3.05, 3.63) is 68.6 Å². The van der Waals surface area contributed by atoms with Gasteiger partial charge in [-0.25, -0.2) is 0 Å². The van der Waals surface area contributed by atoms with Crippen molar-refractivity contribution < 1.29 is 24.0 Å². The summed E-state index contributed by atoms with van der Waals surface area (Å²) in [5, 5.41) is 13.3. The highest BCUT2D eigenvalue weighted by Gasteiger charge is 2.36. The number of nitrogens with zero attached hydrogens (tertiary/aromatic N) is 2. The monoisotopic (exact) mass is 455 g/mol. The highest BCUT2D eigenvalue weighted by atomic mass is 32.2. The number of nitrogens with one attached hydrogen (secondary N) is 1. The summed E-state index contributed by atoms with van der Waals surface area (Å²) in [5.74, 6) is -0.706. The van der Waals surface area contributed by atoms with E-state index in [0.29, 0.717) is 28.9 Å². The molecule has 1 fully saturated rings. The van der Waals surface area contributed by atoms with Crippen LogP contribution in [0, 0.1) is 10.1 Å². The van der Waals surface area contributed by atoms with E-state index in [9.17, 15) is 24.5 Å². The van der Waals surface area contributed by atoms with Crippen molar-refractivity contribution in [2.24, 2.45) is 0 Å². The first-order chi connectivity index (χ1) is 15.2. The van der Waals surface area contributed by atoms with Gasteiger partial charge in [0.1, 0.15) is 6.54 Å². The van der Waals surface area contributed by atoms with E-state index in [0.717, 1.165) is 10.5 Å². The Hall–Kier alpha value is -3.66. The number of anilines is 1. The highest BCUT2D eigenvalue weighted by Crippen LogP contribution is 2.34. The Kier molecular flexibility index (Phi) is 6.94. The number of carbonyl (C=O) groups is 3. The van der Waals surface area contributed by atoms with E-state index in [2.05, 4.69) is 19.2 Å². The number of hydrogen-bond donors (Lipinski definition) is 1. The Morgan fingerprint density at radius 3 is 2.50 bits per heavy atom. The molecule has 9 nitrogen and oxygen atoms in total. The fourth-order valence-electron chi connectivity index (χ4n) is 3.02. The van der Waals surface area contributed by atoms with Crippen LogP contribution in [0.2, 0.25) is 0 Å². The maximum atomic E-state index is 12.6. The van der Waals surface area contributed by atoms with Crippen LogP contribution in [-0.4, -0.2) is 40.5 Å². The number of carbonyl (C=O) groups excluding carboxylic acids is 3. The summed E-state index contributed by atoms with van der Waals surface area (Å²) in [6.07, 6.45) is 1.37. The zero-order chi connectivity index (χ0) is 23.4. The van der Waals surface area contributed by atoms with Crippen molar-refractivity contribution in [2.45, 2.75) is 19.8 Å². The Labute approximate surface area is 188 Å². The highest BCUT2D eigenvalue weighted by molar-refractivity contribution is 8.18. The summed E-state index contributed by atoms with van der Waals surface area (Å²) in [6.45, 7) is 3.69. The number of imide groups is 1. The number of amides is 3. The Morgan fingerprint density at radius 2 is 1.91 bits per heavy atom. The van der Waals surface area contributed by atoms with Gasteiger partial charge < -0.3 is 10.1 Å². The summed E-state index contributed by atoms with van der Waals surface area (Å²) in [6, 6.07) is 11.5. The molecule has 32 heavy (non-hydrogen) atoms. The van der Waals surface area contributed by atoms with Crippen molar-refractivity contribution in [1.82, 2.24) is 4.90 Å². The molecule has 1 aliphatic heterocycles. The van der Waals surface area contributed by atoms with Crippen LogP contribution < -0.4 is 10.1 Å². The van der Waals surface area contributed by atoms with Crippen LogP contribution >= 0.6 is 11.8 Å². The second kappa shape index (κ2) is 9.65. The largest absolute Gasteiger partial charge is 0.490 e. The SMILES string of the molecule is COc1ccc(/C=C2/SC(=O)N(CC(=O)Nc3ccc(C(C)C)cc3)C2=O)cc1[N+](=O)[O-]. The normalized spacial score (nSPS) is 14.9. The van der Waals surface area contributed by atoms with Crippen LogP contribution in [0.3, 0.4) is 0 Å². The summed E-state index contributed by atoms with van der Waals surface area (Å²) >= 11 is 0.672. The van der Waals surface area contributed by atoms with Crippen LogP contribution in [0.1, 0.15) is 30.9 Å². The minimum atomic E-state index is -0.635. The second-order valence-corrected chi connectivity index (χ2v) is 8.27. The number of nitro groups is 1. The quantitative estimate of drug-likeness (QED) is 0.373. The molecular weight excluding hydrogens is 434 g/mol. The van der Waals surface area contributed by atoms with Gasteiger partial charge in [-0.15, -0.1) is 0 Å². The fourth-order valence-corrected chi connectivity index (χ4v) is 3.86. The van der Waals surface area contributed by atoms with Gasteiger partial charge in [0.15, 0.2) is 5.75 Å². The molecule has 3 rings (SSSR count). The first-order valence-corrected chi connectivity index (χ1v) is 10.5. The number of nitro benzene ring substituents is 1. The van der Waals surface area contributed by atoms with Gasteiger partial charge in [0.2, 0.25) is 5.91 Å². The molecule has 1 aliphatic rings. The van der Waals surface area contributed by atoms with Gasteiger partial charge in [-0.05, 0) is 53.1 Å². The number of rotatable bonds is 7. The summed E-state index contributed by atoms with van der Waals surface area (Å²) in [5.41, 5.74) is 1.78. The molecule has 1 saturated heterocycles. The average Bonchev–Trinajstić information content (AvgIpc) is 3.01. The lowest BCUT2D eigenvalue weighted by molar-refractivity contribution is -0.385. The molecule has 1 heterocycles. The van der Waals surface area contributed by atoms with Gasteiger partial charge in [-0.2, -0.15) is 0 Å². The van der Waals surface area contributed by atoms with Crippen LogP contribution in [0.15, 0.2) is 47.4 Å². The van der Waals surface area contributed by atoms with Gasteiger partial charge in [0.05, 0.1) is 16.9 Å². The fraction of sp³-hybridized carbons (Fsp3) is 0.227. The van der Waals surface area contributed by atoms with E-state index in [1.54, 1.807) is 12.1 Å². The molecule has 0 unspecified atom stereocenters. The molecule has 2 aromatic rings. The number of hydrogen-bond acceptors (Lipinski definition) is 7. The van der Waals surface area contributed by atoms with E-state index in [1.807, 2.05) is 12.1 Å². The smallest absolute Gasteiger partial charge is 0.311 e. The van der Waals surface area contributed by atoms with E-state index in [1.165, 1.54) is 31.4 Å². The third-order valence-corrected chi connectivity index (χ3v) is 5.64. The molecule has 0 bridgehead atoms. The van der Waals surface area contributed by atoms with Gasteiger partial charge >= 0.3 is 5.69 Å². The molecule has 10 heteroatoms. The Morgan fingerprint density at radius 1 is 1.22 bits per heavy atom. The first-order valence-electron chi connectivity index (χ1n) is 9.67.